The van der Waals surface area contributed by atoms with Crippen molar-refractivity contribution in [3.63, 3.8) is 0 Å². The first kappa shape index (κ1) is 10.0. The molecule has 0 spiro atoms. The highest BCUT2D eigenvalue weighted by Gasteiger charge is 2.20. The third-order valence-electron chi connectivity index (χ3n) is 3.31. The Morgan fingerprint density at radius 2 is 2.28 bits per heavy atom. The lowest BCUT2D eigenvalue weighted by atomic mass is 10.1. The summed E-state index contributed by atoms with van der Waals surface area (Å²) in [5.74, 6) is 0.953. The van der Waals surface area contributed by atoms with E-state index < -0.39 is 0 Å². The molecule has 0 unspecified atom stereocenters. The van der Waals surface area contributed by atoms with Crippen molar-refractivity contribution in [1.29, 1.82) is 0 Å². The number of aromatic nitrogens is 4. The number of rotatable bonds is 1. The van der Waals surface area contributed by atoms with Crippen LogP contribution in [0.15, 0.2) is 24.1 Å². The van der Waals surface area contributed by atoms with Gasteiger partial charge in [0.1, 0.15) is 11.8 Å². The number of anilines is 1. The van der Waals surface area contributed by atoms with Gasteiger partial charge in [-0.05, 0) is 23.4 Å². The lowest BCUT2D eigenvalue weighted by Crippen LogP contribution is -2.30. The minimum atomic E-state index is 0.733. The number of hydrogen-bond donors (Lipinski definition) is 1. The maximum absolute atomic E-state index is 4.41. The van der Waals surface area contributed by atoms with Gasteiger partial charge in [0, 0.05) is 18.0 Å². The van der Waals surface area contributed by atoms with Crippen molar-refractivity contribution in [2.24, 2.45) is 0 Å². The maximum atomic E-state index is 4.41. The number of nitrogens with zero attached hydrogens (tertiary/aromatic N) is 4. The van der Waals surface area contributed by atoms with Crippen molar-refractivity contribution < 1.29 is 0 Å². The van der Waals surface area contributed by atoms with Crippen LogP contribution in [0.2, 0.25) is 0 Å². The first-order valence-corrected chi connectivity index (χ1v) is 6.74. The Balaban J connectivity index is 1.78. The average molecular weight is 257 g/mol. The number of hydrogen-bond acceptors (Lipinski definition) is 5. The number of thiophene rings is 1. The largest absolute Gasteiger partial charge is 0.350 e. The summed E-state index contributed by atoms with van der Waals surface area (Å²) < 4.78 is 0. The Kier molecular flexibility index (Phi) is 2.10. The van der Waals surface area contributed by atoms with Crippen LogP contribution in [-0.4, -0.2) is 26.5 Å². The lowest BCUT2D eigenvalue weighted by Gasteiger charge is -2.27. The third-order valence-corrected chi connectivity index (χ3v) is 4.33. The van der Waals surface area contributed by atoms with Gasteiger partial charge in [-0.1, -0.05) is 0 Å². The lowest BCUT2D eigenvalue weighted by molar-refractivity contribution is 0.733. The van der Waals surface area contributed by atoms with Crippen LogP contribution in [0.1, 0.15) is 10.4 Å². The zero-order chi connectivity index (χ0) is 11.9. The van der Waals surface area contributed by atoms with E-state index in [1.165, 1.54) is 10.4 Å². The first-order chi connectivity index (χ1) is 8.92. The third kappa shape index (κ3) is 1.42. The molecule has 0 saturated carbocycles. The van der Waals surface area contributed by atoms with E-state index in [-0.39, 0.29) is 0 Å². The molecule has 1 aliphatic heterocycles. The van der Waals surface area contributed by atoms with E-state index in [1.807, 2.05) is 11.3 Å². The Labute approximate surface area is 108 Å². The first-order valence-electron chi connectivity index (χ1n) is 5.86. The quantitative estimate of drug-likeness (QED) is 0.724. The minimum Gasteiger partial charge on any atom is -0.350 e. The molecule has 0 aromatic carbocycles. The molecule has 0 aliphatic carbocycles. The Morgan fingerprint density at radius 3 is 3.28 bits per heavy atom. The molecule has 1 N–H and O–H groups in total. The molecular weight excluding hydrogens is 246 g/mol. The Morgan fingerprint density at radius 1 is 1.28 bits per heavy atom. The van der Waals surface area contributed by atoms with Gasteiger partial charge in [0.15, 0.2) is 11.5 Å². The molecular formula is C12H11N5S. The number of nitrogens with one attached hydrogen (secondary N) is 1. The SMILES string of the molecule is c1nc(N2CCc3sccc3C2)c2[nH]cnc2n1. The van der Waals surface area contributed by atoms with Crippen molar-refractivity contribution in [1.82, 2.24) is 19.9 Å². The van der Waals surface area contributed by atoms with Crippen LogP contribution < -0.4 is 4.90 Å². The van der Waals surface area contributed by atoms with E-state index in [0.717, 1.165) is 36.5 Å². The van der Waals surface area contributed by atoms with Crippen LogP contribution in [0.5, 0.6) is 0 Å². The number of imidazole rings is 1. The van der Waals surface area contributed by atoms with Crippen molar-refractivity contribution in [3.8, 4) is 0 Å². The molecule has 4 heterocycles. The maximum Gasteiger partial charge on any atom is 0.182 e. The molecule has 0 radical (unpaired) electrons. The molecule has 0 bridgehead atoms. The Hall–Kier alpha value is -1.95. The van der Waals surface area contributed by atoms with E-state index in [1.54, 1.807) is 12.7 Å². The van der Waals surface area contributed by atoms with Gasteiger partial charge < -0.3 is 9.88 Å². The van der Waals surface area contributed by atoms with Crippen LogP contribution in [0.3, 0.4) is 0 Å². The zero-order valence-electron chi connectivity index (χ0n) is 9.63. The molecule has 0 atom stereocenters. The highest BCUT2D eigenvalue weighted by molar-refractivity contribution is 7.10. The fraction of sp³-hybridized carbons (Fsp3) is 0.250. The molecule has 18 heavy (non-hydrogen) atoms. The second-order valence-electron chi connectivity index (χ2n) is 4.34. The van der Waals surface area contributed by atoms with E-state index in [9.17, 15) is 0 Å². The van der Waals surface area contributed by atoms with Gasteiger partial charge in [0.2, 0.25) is 0 Å². The average Bonchev–Trinajstić information content (AvgIpc) is 3.05. The van der Waals surface area contributed by atoms with E-state index >= 15 is 0 Å². The van der Waals surface area contributed by atoms with Gasteiger partial charge in [-0.2, -0.15) is 0 Å². The standard InChI is InChI=1S/C12H11N5S/c1-3-17(5-8-2-4-18-9(1)8)12-10-11(14-6-13-10)15-7-16-12/h2,4,6-7H,1,3,5H2,(H,13,14,15,16). The van der Waals surface area contributed by atoms with Gasteiger partial charge in [-0.25, -0.2) is 15.0 Å². The molecule has 90 valence electrons. The number of fused-ring (bicyclic) bond motifs is 2. The fourth-order valence-corrected chi connectivity index (χ4v) is 3.31. The summed E-state index contributed by atoms with van der Waals surface area (Å²) in [4.78, 5) is 19.7. The van der Waals surface area contributed by atoms with Crippen molar-refractivity contribution in [2.75, 3.05) is 11.4 Å². The fourth-order valence-electron chi connectivity index (χ4n) is 2.42. The summed E-state index contributed by atoms with van der Waals surface area (Å²) in [6.45, 7) is 1.92. The van der Waals surface area contributed by atoms with Crippen LogP contribution in [0.4, 0.5) is 5.82 Å². The molecule has 0 saturated heterocycles. The summed E-state index contributed by atoms with van der Waals surface area (Å²) in [7, 11) is 0. The molecule has 3 aromatic rings. The van der Waals surface area contributed by atoms with Crippen LogP contribution in [0.25, 0.3) is 11.2 Å². The summed E-state index contributed by atoms with van der Waals surface area (Å²) in [5, 5.41) is 2.17. The molecule has 0 fully saturated rings. The summed E-state index contributed by atoms with van der Waals surface area (Å²) in [5.41, 5.74) is 3.07. The van der Waals surface area contributed by atoms with Gasteiger partial charge >= 0.3 is 0 Å². The topological polar surface area (TPSA) is 57.7 Å². The Bertz CT molecular complexity index is 701. The smallest absolute Gasteiger partial charge is 0.182 e. The summed E-state index contributed by atoms with van der Waals surface area (Å²) >= 11 is 1.85. The highest BCUT2D eigenvalue weighted by Crippen LogP contribution is 2.28. The van der Waals surface area contributed by atoms with Crippen molar-refractivity contribution in [3.05, 3.63) is 34.5 Å². The van der Waals surface area contributed by atoms with Gasteiger partial charge in [0.05, 0.1) is 6.33 Å². The molecule has 4 rings (SSSR count). The van der Waals surface area contributed by atoms with Gasteiger partial charge in [-0.15, -0.1) is 11.3 Å². The molecule has 1 aliphatic rings. The minimum absolute atomic E-state index is 0.733. The highest BCUT2D eigenvalue weighted by atomic mass is 32.1. The number of H-pyrrole nitrogens is 1. The summed E-state index contributed by atoms with van der Waals surface area (Å²) in [6.07, 6.45) is 4.34. The van der Waals surface area contributed by atoms with Crippen LogP contribution >= 0.6 is 11.3 Å². The predicted molar refractivity (Wildman–Crippen MR) is 70.8 cm³/mol. The monoisotopic (exact) mass is 257 g/mol. The van der Waals surface area contributed by atoms with Crippen LogP contribution in [0, 0.1) is 0 Å². The normalized spacial score (nSPS) is 15.0. The second-order valence-corrected chi connectivity index (χ2v) is 5.34. The molecule has 6 heteroatoms. The zero-order valence-corrected chi connectivity index (χ0v) is 10.4. The van der Waals surface area contributed by atoms with Gasteiger partial charge in [0.25, 0.3) is 0 Å². The van der Waals surface area contributed by atoms with E-state index in [2.05, 4.69) is 36.3 Å². The predicted octanol–water partition coefficient (Wildman–Crippen LogP) is 1.98. The van der Waals surface area contributed by atoms with E-state index in [0.29, 0.717) is 0 Å². The number of aromatic amines is 1. The molecule has 3 aromatic heterocycles. The van der Waals surface area contributed by atoms with Gasteiger partial charge in [-0.3, -0.25) is 0 Å². The molecule has 5 nitrogen and oxygen atoms in total. The molecule has 0 amide bonds. The van der Waals surface area contributed by atoms with Crippen molar-refractivity contribution in [2.45, 2.75) is 13.0 Å². The van der Waals surface area contributed by atoms with Crippen molar-refractivity contribution >= 4 is 28.3 Å². The summed E-state index contributed by atoms with van der Waals surface area (Å²) in [6, 6.07) is 2.21. The second kappa shape index (κ2) is 3.78. The van der Waals surface area contributed by atoms with Crippen LogP contribution in [-0.2, 0) is 13.0 Å². The van der Waals surface area contributed by atoms with E-state index in [4.69, 9.17) is 0 Å².